The minimum Gasteiger partial charge on any atom is -0.369 e. The van der Waals surface area contributed by atoms with E-state index in [9.17, 15) is 0 Å². The van der Waals surface area contributed by atoms with Gasteiger partial charge in [0.25, 0.3) is 0 Å². The van der Waals surface area contributed by atoms with Gasteiger partial charge < -0.3 is 10.1 Å². The van der Waals surface area contributed by atoms with Crippen LogP contribution >= 0.6 is 0 Å². The molecule has 2 unspecified atom stereocenters. The SMILES string of the molecule is CCCCCCCCC(NCC)C1CC(C)(C)OC1(C)C. The van der Waals surface area contributed by atoms with Gasteiger partial charge >= 0.3 is 0 Å². The number of unbranched alkanes of at least 4 members (excludes halogenated alkanes) is 5. The maximum absolute atomic E-state index is 6.30. The Hall–Kier alpha value is -0.0800. The van der Waals surface area contributed by atoms with Gasteiger partial charge in [0.05, 0.1) is 11.2 Å². The van der Waals surface area contributed by atoms with Crippen molar-refractivity contribution >= 4 is 0 Å². The fraction of sp³-hybridized carbons (Fsp3) is 1.00. The van der Waals surface area contributed by atoms with Crippen LogP contribution in [0, 0.1) is 5.92 Å². The summed E-state index contributed by atoms with van der Waals surface area (Å²) in [7, 11) is 0. The van der Waals surface area contributed by atoms with Crippen molar-refractivity contribution < 1.29 is 4.74 Å². The fourth-order valence-electron chi connectivity index (χ4n) is 4.08. The molecule has 0 aromatic heterocycles. The van der Waals surface area contributed by atoms with Gasteiger partial charge in [-0.25, -0.2) is 0 Å². The second-order valence-corrected chi connectivity index (χ2v) is 8.00. The molecule has 0 spiro atoms. The molecule has 0 radical (unpaired) electrons. The number of ether oxygens (including phenoxy) is 1. The van der Waals surface area contributed by atoms with Gasteiger partial charge in [-0.3, -0.25) is 0 Å². The van der Waals surface area contributed by atoms with E-state index in [1.807, 2.05) is 0 Å². The quantitative estimate of drug-likeness (QED) is 0.552. The smallest absolute Gasteiger partial charge is 0.0677 e. The van der Waals surface area contributed by atoms with Crippen molar-refractivity contribution in [3.8, 4) is 0 Å². The van der Waals surface area contributed by atoms with Gasteiger partial charge in [0.2, 0.25) is 0 Å². The zero-order valence-electron chi connectivity index (χ0n) is 15.4. The highest BCUT2D eigenvalue weighted by Gasteiger charge is 2.48. The molecule has 1 fully saturated rings. The summed E-state index contributed by atoms with van der Waals surface area (Å²) in [5, 5.41) is 3.74. The summed E-state index contributed by atoms with van der Waals surface area (Å²) in [6.45, 7) is 14.6. The third-order valence-corrected chi connectivity index (χ3v) is 4.96. The minimum absolute atomic E-state index is 0.00144. The van der Waals surface area contributed by atoms with E-state index in [2.05, 4.69) is 46.9 Å². The van der Waals surface area contributed by atoms with Crippen LogP contribution in [0.1, 0.15) is 92.9 Å². The summed E-state index contributed by atoms with van der Waals surface area (Å²) in [6, 6.07) is 0.609. The van der Waals surface area contributed by atoms with Gasteiger partial charge in [0.15, 0.2) is 0 Å². The molecule has 2 nitrogen and oxygen atoms in total. The van der Waals surface area contributed by atoms with Gasteiger partial charge in [-0.15, -0.1) is 0 Å². The first kappa shape index (κ1) is 19.0. The van der Waals surface area contributed by atoms with Gasteiger partial charge in [-0.2, -0.15) is 0 Å². The van der Waals surface area contributed by atoms with E-state index >= 15 is 0 Å². The summed E-state index contributed by atoms with van der Waals surface area (Å²) in [5.41, 5.74) is 0.0293. The van der Waals surface area contributed by atoms with E-state index in [1.165, 1.54) is 51.4 Å². The molecule has 0 aromatic carbocycles. The average molecular weight is 298 g/mol. The zero-order chi connectivity index (χ0) is 15.9. The molecule has 1 saturated heterocycles. The van der Waals surface area contributed by atoms with Crippen molar-refractivity contribution in [2.75, 3.05) is 6.54 Å². The summed E-state index contributed by atoms with van der Waals surface area (Å²) >= 11 is 0. The van der Waals surface area contributed by atoms with Crippen LogP contribution in [0.25, 0.3) is 0 Å². The van der Waals surface area contributed by atoms with E-state index in [4.69, 9.17) is 4.74 Å². The first-order valence-electron chi connectivity index (χ1n) is 9.26. The Morgan fingerprint density at radius 1 is 1.00 bits per heavy atom. The van der Waals surface area contributed by atoms with Crippen LogP contribution < -0.4 is 5.32 Å². The lowest BCUT2D eigenvalue weighted by Crippen LogP contribution is -2.44. The van der Waals surface area contributed by atoms with Crippen LogP contribution in [0.3, 0.4) is 0 Å². The lowest BCUT2D eigenvalue weighted by Gasteiger charge is -2.33. The van der Waals surface area contributed by atoms with Gasteiger partial charge in [0.1, 0.15) is 0 Å². The Balaban J connectivity index is 2.45. The Labute approximate surface area is 133 Å². The molecule has 0 amide bonds. The first-order chi connectivity index (χ1) is 9.82. The van der Waals surface area contributed by atoms with Gasteiger partial charge in [0, 0.05) is 12.0 Å². The first-order valence-corrected chi connectivity index (χ1v) is 9.26. The van der Waals surface area contributed by atoms with Crippen LogP contribution in [0.15, 0.2) is 0 Å². The van der Waals surface area contributed by atoms with E-state index in [-0.39, 0.29) is 11.2 Å². The van der Waals surface area contributed by atoms with Crippen molar-refractivity contribution in [2.24, 2.45) is 5.92 Å². The normalized spacial score (nSPS) is 25.1. The van der Waals surface area contributed by atoms with Crippen LogP contribution in [0.5, 0.6) is 0 Å². The lowest BCUT2D eigenvalue weighted by molar-refractivity contribution is -0.0779. The number of rotatable bonds is 10. The summed E-state index contributed by atoms with van der Waals surface area (Å²) < 4.78 is 6.30. The second kappa shape index (κ2) is 8.53. The average Bonchev–Trinajstić information content (AvgIpc) is 2.60. The Kier molecular flexibility index (Phi) is 7.70. The topological polar surface area (TPSA) is 21.3 Å². The minimum atomic E-state index is -0.00144. The Morgan fingerprint density at radius 2 is 1.62 bits per heavy atom. The van der Waals surface area contributed by atoms with Gasteiger partial charge in [-0.1, -0.05) is 52.4 Å². The molecule has 1 aliphatic heterocycles. The van der Waals surface area contributed by atoms with E-state index in [0.29, 0.717) is 12.0 Å². The van der Waals surface area contributed by atoms with E-state index in [1.54, 1.807) is 0 Å². The number of hydrogen-bond donors (Lipinski definition) is 1. The molecule has 1 heterocycles. The third kappa shape index (κ3) is 6.28. The van der Waals surface area contributed by atoms with Crippen LogP contribution in [-0.4, -0.2) is 23.8 Å². The van der Waals surface area contributed by atoms with Crippen LogP contribution in [-0.2, 0) is 4.74 Å². The molecule has 1 aliphatic rings. The highest BCUT2D eigenvalue weighted by molar-refractivity contribution is 4.99. The summed E-state index contributed by atoms with van der Waals surface area (Å²) in [5.74, 6) is 0.628. The van der Waals surface area contributed by atoms with Crippen molar-refractivity contribution in [1.82, 2.24) is 5.32 Å². The van der Waals surface area contributed by atoms with Crippen molar-refractivity contribution in [3.05, 3.63) is 0 Å². The summed E-state index contributed by atoms with van der Waals surface area (Å²) in [6.07, 6.45) is 10.8. The Bertz CT molecular complexity index is 285. The highest BCUT2D eigenvalue weighted by Crippen LogP contribution is 2.44. The molecule has 0 bridgehead atoms. The molecule has 1 N–H and O–H groups in total. The summed E-state index contributed by atoms with van der Waals surface area (Å²) in [4.78, 5) is 0. The molecule has 2 heteroatoms. The predicted octanol–water partition coefficient (Wildman–Crippen LogP) is 5.31. The lowest BCUT2D eigenvalue weighted by atomic mass is 9.79. The second-order valence-electron chi connectivity index (χ2n) is 8.00. The largest absolute Gasteiger partial charge is 0.369 e. The molecular weight excluding hydrogens is 258 g/mol. The molecule has 126 valence electrons. The highest BCUT2D eigenvalue weighted by atomic mass is 16.5. The van der Waals surface area contributed by atoms with Crippen LogP contribution in [0.4, 0.5) is 0 Å². The number of hydrogen-bond acceptors (Lipinski definition) is 2. The third-order valence-electron chi connectivity index (χ3n) is 4.96. The van der Waals surface area contributed by atoms with Crippen LogP contribution in [0.2, 0.25) is 0 Å². The molecule has 2 atom stereocenters. The number of nitrogens with one attached hydrogen (secondary N) is 1. The van der Waals surface area contributed by atoms with E-state index < -0.39 is 0 Å². The molecule has 0 saturated carbocycles. The zero-order valence-corrected chi connectivity index (χ0v) is 15.4. The molecule has 0 aromatic rings. The van der Waals surface area contributed by atoms with Crippen molar-refractivity contribution in [1.29, 1.82) is 0 Å². The molecule has 1 rings (SSSR count). The Morgan fingerprint density at radius 3 is 2.14 bits per heavy atom. The standard InChI is InChI=1S/C19H39NO/c1-7-9-10-11-12-13-14-17(20-8-2)16-15-18(3,4)21-19(16,5)6/h16-17,20H,7-15H2,1-6H3. The molecule has 21 heavy (non-hydrogen) atoms. The van der Waals surface area contributed by atoms with Crippen molar-refractivity contribution in [3.63, 3.8) is 0 Å². The van der Waals surface area contributed by atoms with Crippen molar-refractivity contribution in [2.45, 2.75) is 110 Å². The molecule has 0 aliphatic carbocycles. The van der Waals surface area contributed by atoms with E-state index in [0.717, 1.165) is 6.54 Å². The molecular formula is C19H39NO. The fourth-order valence-corrected chi connectivity index (χ4v) is 4.08. The monoisotopic (exact) mass is 297 g/mol. The predicted molar refractivity (Wildman–Crippen MR) is 92.8 cm³/mol. The maximum atomic E-state index is 6.30. The van der Waals surface area contributed by atoms with Gasteiger partial charge in [-0.05, 0) is 47.1 Å². The maximum Gasteiger partial charge on any atom is 0.0677 e.